The summed E-state index contributed by atoms with van der Waals surface area (Å²) in [6, 6.07) is 0. The van der Waals surface area contributed by atoms with Crippen LogP contribution in [0.1, 0.15) is 303 Å². The van der Waals surface area contributed by atoms with E-state index < -0.39 is 6.10 Å². The SMILES string of the molecule is CCCCC/C=C\C/C=C\CCCCCCCC(=O)OC(COC(=O)CCCCCCCCC)COC(=O)CCCCCCCCCCCCCCC/C=C\CCCCCCCCCC. The predicted molar refractivity (Wildman–Crippen MR) is 279 cm³/mol. The molecule has 6 nitrogen and oxygen atoms in total. The van der Waals surface area contributed by atoms with Crippen molar-refractivity contribution >= 4 is 17.9 Å². The third kappa shape index (κ3) is 52.5. The van der Waals surface area contributed by atoms with Gasteiger partial charge in [0.2, 0.25) is 0 Å². The molecule has 0 bridgehead atoms. The number of unbranched alkanes of at least 4 members (excludes halogenated alkanes) is 35. The van der Waals surface area contributed by atoms with Crippen LogP contribution in [0.3, 0.4) is 0 Å². The second-order valence-electron chi connectivity index (χ2n) is 19.2. The summed E-state index contributed by atoms with van der Waals surface area (Å²) >= 11 is 0. The summed E-state index contributed by atoms with van der Waals surface area (Å²) < 4.78 is 16.8. The van der Waals surface area contributed by atoms with E-state index in [0.29, 0.717) is 19.3 Å². The quantitative estimate of drug-likeness (QED) is 0.0262. The van der Waals surface area contributed by atoms with Gasteiger partial charge in [0, 0.05) is 19.3 Å². The van der Waals surface area contributed by atoms with Gasteiger partial charge >= 0.3 is 17.9 Å². The third-order valence-electron chi connectivity index (χ3n) is 12.6. The molecule has 0 aromatic heterocycles. The van der Waals surface area contributed by atoms with E-state index in [-0.39, 0.29) is 31.1 Å². The highest BCUT2D eigenvalue weighted by atomic mass is 16.6. The van der Waals surface area contributed by atoms with Gasteiger partial charge in [-0.3, -0.25) is 14.4 Å². The minimum atomic E-state index is -0.774. The smallest absolute Gasteiger partial charge is 0.306 e. The van der Waals surface area contributed by atoms with Crippen molar-refractivity contribution in [3.05, 3.63) is 36.5 Å². The summed E-state index contributed by atoms with van der Waals surface area (Å²) in [7, 11) is 0. The Bertz CT molecular complexity index is 1090. The maximum atomic E-state index is 12.8. The maximum Gasteiger partial charge on any atom is 0.306 e. The van der Waals surface area contributed by atoms with E-state index in [1.807, 2.05) is 0 Å². The number of ether oxygens (including phenoxy) is 3. The van der Waals surface area contributed by atoms with E-state index in [9.17, 15) is 14.4 Å². The van der Waals surface area contributed by atoms with E-state index in [1.54, 1.807) is 0 Å². The van der Waals surface area contributed by atoms with Crippen LogP contribution in [-0.4, -0.2) is 37.2 Å². The van der Waals surface area contributed by atoms with Crippen molar-refractivity contribution in [1.82, 2.24) is 0 Å². The summed E-state index contributed by atoms with van der Waals surface area (Å²) in [5.74, 6) is -0.884. The zero-order chi connectivity index (χ0) is 47.2. The summed E-state index contributed by atoms with van der Waals surface area (Å²) in [5.41, 5.74) is 0. The lowest BCUT2D eigenvalue weighted by atomic mass is 10.0. The highest BCUT2D eigenvalue weighted by Gasteiger charge is 2.19. The molecule has 0 aromatic carbocycles. The van der Waals surface area contributed by atoms with Gasteiger partial charge in [0.25, 0.3) is 0 Å². The number of esters is 3. The van der Waals surface area contributed by atoms with Crippen molar-refractivity contribution in [2.24, 2.45) is 0 Å². The van der Waals surface area contributed by atoms with E-state index in [0.717, 1.165) is 83.5 Å². The first-order valence-electron chi connectivity index (χ1n) is 28.5. The van der Waals surface area contributed by atoms with E-state index in [4.69, 9.17) is 14.2 Å². The predicted octanol–water partition coefficient (Wildman–Crippen LogP) is 18.9. The van der Waals surface area contributed by atoms with Crippen LogP contribution in [0, 0.1) is 0 Å². The lowest BCUT2D eigenvalue weighted by Gasteiger charge is -2.18. The number of carbonyl (C=O) groups excluding carboxylic acids is 3. The van der Waals surface area contributed by atoms with Gasteiger partial charge in [-0.05, 0) is 77.0 Å². The number of rotatable bonds is 52. The minimum absolute atomic E-state index is 0.0752. The van der Waals surface area contributed by atoms with E-state index >= 15 is 0 Å². The number of hydrogen-bond donors (Lipinski definition) is 0. The van der Waals surface area contributed by atoms with Gasteiger partial charge in [0.05, 0.1) is 0 Å². The monoisotopic (exact) mass is 913 g/mol. The van der Waals surface area contributed by atoms with Crippen LogP contribution in [0.2, 0.25) is 0 Å². The number of carbonyl (C=O) groups is 3. The van der Waals surface area contributed by atoms with Gasteiger partial charge in [0.1, 0.15) is 13.2 Å². The normalized spacial score (nSPS) is 12.2. The van der Waals surface area contributed by atoms with Crippen LogP contribution in [0.4, 0.5) is 0 Å². The molecular weight excluding hydrogens is 805 g/mol. The molecule has 65 heavy (non-hydrogen) atoms. The first kappa shape index (κ1) is 62.6. The van der Waals surface area contributed by atoms with E-state index in [1.165, 1.54) is 180 Å². The third-order valence-corrected chi connectivity index (χ3v) is 12.6. The maximum absolute atomic E-state index is 12.8. The Labute approximate surface area is 404 Å². The number of hydrogen-bond acceptors (Lipinski definition) is 6. The molecule has 6 heteroatoms. The molecule has 0 spiro atoms. The van der Waals surface area contributed by atoms with Crippen molar-refractivity contribution in [2.75, 3.05) is 13.2 Å². The molecule has 0 fully saturated rings. The van der Waals surface area contributed by atoms with Crippen LogP contribution in [0.25, 0.3) is 0 Å². The summed E-state index contributed by atoms with van der Waals surface area (Å²) in [6.45, 7) is 6.59. The van der Waals surface area contributed by atoms with Crippen molar-refractivity contribution < 1.29 is 28.6 Å². The highest BCUT2D eigenvalue weighted by Crippen LogP contribution is 2.16. The van der Waals surface area contributed by atoms with Crippen LogP contribution in [0.5, 0.6) is 0 Å². The Hall–Kier alpha value is -2.37. The molecule has 1 atom stereocenters. The molecule has 0 saturated carbocycles. The molecule has 0 heterocycles. The van der Waals surface area contributed by atoms with Gasteiger partial charge in [-0.15, -0.1) is 0 Å². The fourth-order valence-electron chi connectivity index (χ4n) is 8.29. The number of allylic oxidation sites excluding steroid dienone is 6. The van der Waals surface area contributed by atoms with Crippen molar-refractivity contribution in [3.8, 4) is 0 Å². The van der Waals surface area contributed by atoms with Crippen molar-refractivity contribution in [3.63, 3.8) is 0 Å². The molecule has 0 saturated heterocycles. The Morgan fingerprint density at radius 2 is 0.554 bits per heavy atom. The molecule has 0 amide bonds. The first-order valence-corrected chi connectivity index (χ1v) is 28.5. The molecule has 0 N–H and O–H groups in total. The topological polar surface area (TPSA) is 78.9 Å². The highest BCUT2D eigenvalue weighted by molar-refractivity contribution is 5.71. The lowest BCUT2D eigenvalue weighted by molar-refractivity contribution is -0.167. The second kappa shape index (κ2) is 54.2. The molecule has 380 valence electrons. The van der Waals surface area contributed by atoms with Crippen LogP contribution in [-0.2, 0) is 28.6 Å². The van der Waals surface area contributed by atoms with Crippen molar-refractivity contribution in [2.45, 2.75) is 309 Å². The minimum Gasteiger partial charge on any atom is -0.462 e. The molecule has 0 aliphatic carbocycles. The molecule has 0 aliphatic heterocycles. The zero-order valence-electron chi connectivity index (χ0n) is 43.5. The fraction of sp³-hybridized carbons (Fsp3) is 0.847. The second-order valence-corrected chi connectivity index (χ2v) is 19.2. The van der Waals surface area contributed by atoms with Gasteiger partial charge in [0.15, 0.2) is 6.10 Å². The molecule has 0 rings (SSSR count). The molecule has 0 aromatic rings. The average molecular weight is 914 g/mol. The zero-order valence-corrected chi connectivity index (χ0v) is 43.5. The molecular formula is C59H108O6. The first-order chi connectivity index (χ1) is 32.0. The fourth-order valence-corrected chi connectivity index (χ4v) is 8.29. The lowest BCUT2D eigenvalue weighted by Crippen LogP contribution is -2.30. The molecule has 0 aliphatic rings. The van der Waals surface area contributed by atoms with Gasteiger partial charge in [-0.2, -0.15) is 0 Å². The Morgan fingerprint density at radius 1 is 0.308 bits per heavy atom. The molecule has 0 radical (unpaired) electrons. The van der Waals surface area contributed by atoms with Crippen molar-refractivity contribution in [1.29, 1.82) is 0 Å². The Morgan fingerprint density at radius 3 is 0.892 bits per heavy atom. The van der Waals surface area contributed by atoms with Crippen LogP contribution >= 0.6 is 0 Å². The van der Waals surface area contributed by atoms with E-state index in [2.05, 4.69) is 57.2 Å². The van der Waals surface area contributed by atoms with Gasteiger partial charge in [-0.1, -0.05) is 243 Å². The summed E-state index contributed by atoms with van der Waals surface area (Å²) in [6.07, 6.45) is 64.5. The van der Waals surface area contributed by atoms with Gasteiger partial charge in [-0.25, -0.2) is 0 Å². The summed E-state index contributed by atoms with van der Waals surface area (Å²) in [5, 5.41) is 0. The van der Waals surface area contributed by atoms with Crippen LogP contribution in [0.15, 0.2) is 36.5 Å². The standard InChI is InChI=1S/C59H108O6/c1-4-7-10-13-16-18-20-22-24-25-26-27-28-29-30-31-32-33-35-36-38-40-43-46-49-52-58(61)64-55-56(54-63-57(60)51-48-45-42-15-12-9-6-3)65-59(62)53-50-47-44-41-39-37-34-23-21-19-17-14-11-8-5-2/h17,19,23,25-26,34,56H,4-16,18,20-22,24,27-33,35-55H2,1-3H3/b19-17-,26-25-,34-23-. The molecule has 1 unspecified atom stereocenters. The Kier molecular flexibility index (Phi) is 52.3. The van der Waals surface area contributed by atoms with Crippen LogP contribution < -0.4 is 0 Å². The average Bonchev–Trinajstić information content (AvgIpc) is 3.30. The largest absolute Gasteiger partial charge is 0.462 e. The van der Waals surface area contributed by atoms with Gasteiger partial charge < -0.3 is 14.2 Å². The summed E-state index contributed by atoms with van der Waals surface area (Å²) in [4.78, 5) is 37.9. The Balaban J connectivity index is 4.12.